The van der Waals surface area contributed by atoms with E-state index in [1.54, 1.807) is 7.05 Å². The van der Waals surface area contributed by atoms with Gasteiger partial charge in [-0.3, -0.25) is 9.39 Å². The maximum Gasteiger partial charge on any atom is 0.191 e. The van der Waals surface area contributed by atoms with Crippen molar-refractivity contribution < 1.29 is 4.74 Å². The normalized spacial score (nSPS) is 12.9. The van der Waals surface area contributed by atoms with Crippen LogP contribution in [0.3, 0.4) is 0 Å². The van der Waals surface area contributed by atoms with E-state index in [4.69, 9.17) is 4.74 Å². The third kappa shape index (κ3) is 5.72. The highest BCUT2D eigenvalue weighted by Crippen LogP contribution is 2.23. The first-order valence-electron chi connectivity index (χ1n) is 10.5. The molecule has 30 heavy (non-hydrogen) atoms. The fourth-order valence-electron chi connectivity index (χ4n) is 3.42. The highest BCUT2D eigenvalue weighted by Gasteiger charge is 2.12. The maximum atomic E-state index is 6.25. The van der Waals surface area contributed by atoms with Crippen molar-refractivity contribution >= 4 is 11.6 Å². The van der Waals surface area contributed by atoms with Gasteiger partial charge in [-0.2, -0.15) is 0 Å². The van der Waals surface area contributed by atoms with Crippen LogP contribution < -0.4 is 15.4 Å². The molecule has 160 valence electrons. The molecule has 3 rings (SSSR count). The molecule has 0 aliphatic carbocycles. The fourth-order valence-corrected chi connectivity index (χ4v) is 3.42. The van der Waals surface area contributed by atoms with E-state index in [1.807, 2.05) is 28.8 Å². The summed E-state index contributed by atoms with van der Waals surface area (Å²) in [7, 11) is 1.76. The molecule has 0 amide bonds. The van der Waals surface area contributed by atoms with Crippen LogP contribution in [0.1, 0.15) is 44.1 Å². The van der Waals surface area contributed by atoms with E-state index in [2.05, 4.69) is 71.7 Å². The Kier molecular flexibility index (Phi) is 7.27. The van der Waals surface area contributed by atoms with Crippen molar-refractivity contribution in [1.29, 1.82) is 0 Å². The Morgan fingerprint density at radius 1 is 1.10 bits per heavy atom. The number of rotatable bonds is 8. The Labute approximate surface area is 178 Å². The Hall–Kier alpha value is -3.09. The molecule has 0 saturated heterocycles. The molecule has 2 aromatic heterocycles. The second-order valence-corrected chi connectivity index (χ2v) is 7.99. The van der Waals surface area contributed by atoms with Crippen LogP contribution in [-0.4, -0.2) is 33.7 Å². The van der Waals surface area contributed by atoms with Crippen molar-refractivity contribution in [2.45, 2.75) is 53.3 Å². The number of pyridine rings is 1. The molecule has 3 aromatic rings. The number of hydrogen-bond acceptors (Lipinski definition) is 4. The lowest BCUT2D eigenvalue weighted by Gasteiger charge is -2.20. The van der Waals surface area contributed by atoms with Gasteiger partial charge in [0.25, 0.3) is 0 Å². The molecule has 0 spiro atoms. The van der Waals surface area contributed by atoms with Crippen molar-refractivity contribution in [1.82, 2.24) is 25.2 Å². The zero-order chi connectivity index (χ0) is 21.5. The number of aliphatic imine (C=N–C) groups is 1. The summed E-state index contributed by atoms with van der Waals surface area (Å²) in [5, 5.41) is 15.1. The molecule has 0 saturated carbocycles. The zero-order valence-corrected chi connectivity index (χ0v) is 18.5. The Morgan fingerprint density at radius 3 is 2.67 bits per heavy atom. The van der Waals surface area contributed by atoms with Gasteiger partial charge in [0.15, 0.2) is 17.4 Å². The van der Waals surface area contributed by atoms with Crippen LogP contribution >= 0.6 is 0 Å². The molecule has 1 unspecified atom stereocenters. The van der Waals surface area contributed by atoms with E-state index in [0.717, 1.165) is 29.2 Å². The highest BCUT2D eigenvalue weighted by atomic mass is 16.5. The van der Waals surface area contributed by atoms with E-state index in [-0.39, 0.29) is 6.10 Å². The molecular weight excluding hydrogens is 376 g/mol. The number of ether oxygens (including phenoxy) is 1. The van der Waals surface area contributed by atoms with Gasteiger partial charge in [-0.05, 0) is 49.9 Å². The van der Waals surface area contributed by atoms with Crippen molar-refractivity contribution in [2.75, 3.05) is 7.05 Å². The summed E-state index contributed by atoms with van der Waals surface area (Å²) >= 11 is 0. The highest BCUT2D eigenvalue weighted by molar-refractivity contribution is 5.79. The summed E-state index contributed by atoms with van der Waals surface area (Å²) in [5.41, 5.74) is 3.12. The van der Waals surface area contributed by atoms with Crippen LogP contribution in [0.4, 0.5) is 0 Å². The predicted molar refractivity (Wildman–Crippen MR) is 121 cm³/mol. The van der Waals surface area contributed by atoms with Crippen molar-refractivity contribution in [3.63, 3.8) is 0 Å². The summed E-state index contributed by atoms with van der Waals surface area (Å²) < 4.78 is 8.21. The summed E-state index contributed by atoms with van der Waals surface area (Å²) in [6.07, 6.45) is 3.15. The lowest BCUT2D eigenvalue weighted by Crippen LogP contribution is -2.36. The number of aryl methyl sites for hydroxylation is 1. The van der Waals surface area contributed by atoms with Gasteiger partial charge < -0.3 is 15.4 Å². The molecule has 0 bridgehead atoms. The van der Waals surface area contributed by atoms with Gasteiger partial charge in [-0.1, -0.05) is 32.0 Å². The van der Waals surface area contributed by atoms with Crippen molar-refractivity contribution in [3.8, 4) is 5.75 Å². The number of nitrogens with zero attached hydrogens (tertiary/aromatic N) is 4. The van der Waals surface area contributed by atoms with Crippen LogP contribution in [0.15, 0.2) is 47.6 Å². The van der Waals surface area contributed by atoms with E-state index in [0.29, 0.717) is 25.0 Å². The fraction of sp³-hybridized carbons (Fsp3) is 0.435. The first-order chi connectivity index (χ1) is 14.5. The molecule has 1 aromatic carbocycles. The number of benzene rings is 1. The Morgan fingerprint density at radius 2 is 1.90 bits per heavy atom. The monoisotopic (exact) mass is 408 g/mol. The number of guanidine groups is 1. The standard InChI is InChI=1S/C23H32N6O/c1-16(2)12-18(4)30-20-13-17(3)9-10-19(20)14-25-23(24-5)26-15-22-28-27-21-8-6-7-11-29(21)22/h6-11,13,16,18H,12,14-15H2,1-5H3,(H2,24,25,26). The quantitative estimate of drug-likeness (QED) is 0.439. The molecule has 0 radical (unpaired) electrons. The molecule has 7 nitrogen and oxygen atoms in total. The first kappa shape index (κ1) is 21.6. The lowest BCUT2D eigenvalue weighted by molar-refractivity contribution is 0.191. The van der Waals surface area contributed by atoms with E-state index < -0.39 is 0 Å². The number of fused-ring (bicyclic) bond motifs is 1. The summed E-state index contributed by atoms with van der Waals surface area (Å²) in [5.74, 6) is 3.05. The van der Waals surface area contributed by atoms with Gasteiger partial charge in [0.1, 0.15) is 5.75 Å². The van der Waals surface area contributed by atoms with Crippen LogP contribution in [-0.2, 0) is 13.1 Å². The van der Waals surface area contributed by atoms with Crippen molar-refractivity contribution in [2.24, 2.45) is 10.9 Å². The topological polar surface area (TPSA) is 75.8 Å². The molecule has 7 heteroatoms. The average molecular weight is 409 g/mol. The SMILES string of the molecule is CN=C(NCc1ccc(C)cc1OC(C)CC(C)C)NCc1nnc2ccccn12. The number of hydrogen-bond donors (Lipinski definition) is 2. The minimum atomic E-state index is 0.171. The first-order valence-corrected chi connectivity index (χ1v) is 10.5. The number of nitrogens with one attached hydrogen (secondary N) is 2. The van der Waals surface area contributed by atoms with Gasteiger partial charge in [0.2, 0.25) is 0 Å². The summed E-state index contributed by atoms with van der Waals surface area (Å²) in [6, 6.07) is 12.2. The van der Waals surface area contributed by atoms with Gasteiger partial charge in [-0.25, -0.2) is 0 Å². The molecule has 2 heterocycles. The average Bonchev–Trinajstić information content (AvgIpc) is 3.12. The minimum Gasteiger partial charge on any atom is -0.490 e. The molecule has 1 atom stereocenters. The molecule has 0 fully saturated rings. The van der Waals surface area contributed by atoms with Crippen LogP contribution in [0.5, 0.6) is 5.75 Å². The molecule has 2 N–H and O–H groups in total. The van der Waals surface area contributed by atoms with Crippen LogP contribution in [0.2, 0.25) is 0 Å². The number of aromatic nitrogens is 3. The Bertz CT molecular complexity index is 994. The van der Waals surface area contributed by atoms with Gasteiger partial charge in [0, 0.05) is 25.4 Å². The van der Waals surface area contributed by atoms with Crippen LogP contribution in [0, 0.1) is 12.8 Å². The molecule has 0 aliphatic heterocycles. The predicted octanol–water partition coefficient (Wildman–Crippen LogP) is 3.72. The van der Waals surface area contributed by atoms with Crippen LogP contribution in [0.25, 0.3) is 5.65 Å². The van der Waals surface area contributed by atoms with Gasteiger partial charge in [-0.15, -0.1) is 10.2 Å². The smallest absolute Gasteiger partial charge is 0.191 e. The summed E-state index contributed by atoms with van der Waals surface area (Å²) in [4.78, 5) is 4.33. The van der Waals surface area contributed by atoms with E-state index in [9.17, 15) is 0 Å². The second kappa shape index (κ2) is 10.1. The zero-order valence-electron chi connectivity index (χ0n) is 18.5. The maximum absolute atomic E-state index is 6.25. The summed E-state index contributed by atoms with van der Waals surface area (Å²) in [6.45, 7) is 9.78. The van der Waals surface area contributed by atoms with E-state index in [1.165, 1.54) is 5.56 Å². The van der Waals surface area contributed by atoms with Gasteiger partial charge >= 0.3 is 0 Å². The third-order valence-electron chi connectivity index (χ3n) is 4.82. The third-order valence-corrected chi connectivity index (χ3v) is 4.82. The molecular formula is C23H32N6O. The second-order valence-electron chi connectivity index (χ2n) is 7.99. The largest absolute Gasteiger partial charge is 0.490 e. The van der Waals surface area contributed by atoms with E-state index >= 15 is 0 Å². The molecule has 0 aliphatic rings. The van der Waals surface area contributed by atoms with Crippen molar-refractivity contribution in [3.05, 3.63) is 59.5 Å². The minimum absolute atomic E-state index is 0.171. The van der Waals surface area contributed by atoms with Gasteiger partial charge in [0.05, 0.1) is 12.6 Å². The Balaban J connectivity index is 1.62. The lowest BCUT2D eigenvalue weighted by atomic mass is 10.1.